The van der Waals surface area contributed by atoms with Gasteiger partial charge < -0.3 is 5.32 Å². The van der Waals surface area contributed by atoms with Crippen molar-refractivity contribution in [3.63, 3.8) is 0 Å². The van der Waals surface area contributed by atoms with E-state index < -0.39 is 0 Å². The molecule has 2 aromatic rings. The van der Waals surface area contributed by atoms with Crippen molar-refractivity contribution in [2.75, 3.05) is 6.54 Å². The predicted molar refractivity (Wildman–Crippen MR) is 80.7 cm³/mol. The molecule has 1 heterocycles. The maximum atomic E-state index is 4.80. The highest BCUT2D eigenvalue weighted by Crippen LogP contribution is 2.41. The van der Waals surface area contributed by atoms with E-state index in [4.69, 9.17) is 4.98 Å². The van der Waals surface area contributed by atoms with Gasteiger partial charge in [-0.3, -0.25) is 0 Å². The first-order valence-corrected chi connectivity index (χ1v) is 7.97. The quantitative estimate of drug-likeness (QED) is 0.862. The van der Waals surface area contributed by atoms with Gasteiger partial charge in [0, 0.05) is 23.8 Å². The summed E-state index contributed by atoms with van der Waals surface area (Å²) in [6.07, 6.45) is 3.66. The van der Waals surface area contributed by atoms with Crippen LogP contribution in [-0.2, 0) is 6.42 Å². The molecule has 1 aromatic carbocycles. The number of aromatic nitrogens is 1. The molecule has 1 saturated carbocycles. The monoisotopic (exact) mass is 272 g/mol. The van der Waals surface area contributed by atoms with Crippen LogP contribution in [0.3, 0.4) is 0 Å². The van der Waals surface area contributed by atoms with Crippen LogP contribution in [-0.4, -0.2) is 11.5 Å². The Morgan fingerprint density at radius 1 is 1.32 bits per heavy atom. The van der Waals surface area contributed by atoms with Crippen LogP contribution in [0.4, 0.5) is 0 Å². The molecule has 3 heteroatoms. The minimum absolute atomic E-state index is 0.375. The Labute approximate surface area is 118 Å². The molecule has 1 atom stereocenters. The van der Waals surface area contributed by atoms with Gasteiger partial charge in [0.2, 0.25) is 0 Å². The molecule has 0 saturated heterocycles. The highest BCUT2D eigenvalue weighted by molar-refractivity contribution is 7.09. The summed E-state index contributed by atoms with van der Waals surface area (Å²) >= 11 is 1.84. The molecule has 0 amide bonds. The molecule has 2 nitrogen and oxygen atoms in total. The molecule has 19 heavy (non-hydrogen) atoms. The lowest BCUT2D eigenvalue weighted by Gasteiger charge is -2.17. The Bertz CT molecular complexity index is 517. The summed E-state index contributed by atoms with van der Waals surface area (Å²) in [5, 5.41) is 7.15. The van der Waals surface area contributed by atoms with E-state index in [-0.39, 0.29) is 0 Å². The number of thiazole rings is 1. The van der Waals surface area contributed by atoms with Gasteiger partial charge in [-0.05, 0) is 24.9 Å². The molecule has 1 N–H and O–H groups in total. The molecule has 100 valence electrons. The van der Waals surface area contributed by atoms with E-state index in [1.807, 2.05) is 11.3 Å². The molecule has 1 aliphatic rings. The van der Waals surface area contributed by atoms with Crippen molar-refractivity contribution < 1.29 is 0 Å². The lowest BCUT2D eigenvalue weighted by molar-refractivity contribution is 0.544. The molecular weight excluding hydrogens is 252 g/mol. The molecule has 1 aliphatic carbocycles. The van der Waals surface area contributed by atoms with Gasteiger partial charge in [0.15, 0.2) is 0 Å². The standard InChI is InChI=1S/C16H20N2S/c1-2-17-15(12-6-4-3-5-7-12)10-14-11-19-16(18-14)13-8-9-13/h3-7,11,13,15,17H,2,8-10H2,1H3. The zero-order valence-corrected chi connectivity index (χ0v) is 12.1. The van der Waals surface area contributed by atoms with Crippen LogP contribution in [0.15, 0.2) is 35.7 Å². The second-order valence-electron chi connectivity index (χ2n) is 5.18. The van der Waals surface area contributed by atoms with Gasteiger partial charge in [-0.25, -0.2) is 4.98 Å². The first-order chi connectivity index (χ1) is 9.36. The predicted octanol–water partition coefficient (Wildman–Crippen LogP) is 3.91. The number of nitrogens with one attached hydrogen (secondary N) is 1. The lowest BCUT2D eigenvalue weighted by Crippen LogP contribution is -2.23. The van der Waals surface area contributed by atoms with Gasteiger partial charge in [-0.1, -0.05) is 37.3 Å². The summed E-state index contributed by atoms with van der Waals surface area (Å²) in [6, 6.07) is 11.1. The highest BCUT2D eigenvalue weighted by atomic mass is 32.1. The normalized spacial score (nSPS) is 16.5. The summed E-state index contributed by atoms with van der Waals surface area (Å²) in [5.74, 6) is 0.771. The van der Waals surface area contributed by atoms with Crippen molar-refractivity contribution in [2.24, 2.45) is 0 Å². The van der Waals surface area contributed by atoms with Crippen LogP contribution in [0.5, 0.6) is 0 Å². The zero-order chi connectivity index (χ0) is 13.1. The molecule has 1 fully saturated rings. The number of rotatable bonds is 6. The second-order valence-corrected chi connectivity index (χ2v) is 6.07. The largest absolute Gasteiger partial charge is 0.310 e. The Morgan fingerprint density at radius 2 is 2.11 bits per heavy atom. The van der Waals surface area contributed by atoms with Crippen LogP contribution in [0.1, 0.15) is 48.0 Å². The minimum atomic E-state index is 0.375. The highest BCUT2D eigenvalue weighted by Gasteiger charge is 2.26. The van der Waals surface area contributed by atoms with Gasteiger partial charge in [0.05, 0.1) is 10.7 Å². The topological polar surface area (TPSA) is 24.9 Å². The van der Waals surface area contributed by atoms with E-state index in [0.717, 1.165) is 18.9 Å². The lowest BCUT2D eigenvalue weighted by atomic mass is 10.0. The minimum Gasteiger partial charge on any atom is -0.310 e. The third-order valence-electron chi connectivity index (χ3n) is 3.56. The third kappa shape index (κ3) is 3.23. The SMILES string of the molecule is CCNC(Cc1csc(C2CC2)n1)c1ccccc1. The van der Waals surface area contributed by atoms with Gasteiger partial charge in [0.25, 0.3) is 0 Å². The van der Waals surface area contributed by atoms with Crippen molar-refractivity contribution in [1.82, 2.24) is 10.3 Å². The van der Waals surface area contributed by atoms with Crippen LogP contribution >= 0.6 is 11.3 Å². The maximum absolute atomic E-state index is 4.80. The number of hydrogen-bond acceptors (Lipinski definition) is 3. The van der Waals surface area contributed by atoms with E-state index in [9.17, 15) is 0 Å². The van der Waals surface area contributed by atoms with Crippen LogP contribution in [0, 0.1) is 0 Å². The maximum Gasteiger partial charge on any atom is 0.0959 e. The molecular formula is C16H20N2S. The Morgan fingerprint density at radius 3 is 2.79 bits per heavy atom. The summed E-state index contributed by atoms with van der Waals surface area (Å²) in [5.41, 5.74) is 2.59. The van der Waals surface area contributed by atoms with Gasteiger partial charge >= 0.3 is 0 Å². The number of nitrogens with zero attached hydrogens (tertiary/aromatic N) is 1. The number of hydrogen-bond donors (Lipinski definition) is 1. The number of benzene rings is 1. The fourth-order valence-corrected chi connectivity index (χ4v) is 3.39. The first-order valence-electron chi connectivity index (χ1n) is 7.09. The Balaban J connectivity index is 1.73. The Kier molecular flexibility index (Phi) is 3.95. The summed E-state index contributed by atoms with van der Waals surface area (Å²) in [6.45, 7) is 3.14. The molecule has 0 radical (unpaired) electrons. The summed E-state index contributed by atoms with van der Waals surface area (Å²) in [7, 11) is 0. The molecule has 3 rings (SSSR count). The molecule has 0 bridgehead atoms. The molecule has 0 aliphatic heterocycles. The van der Waals surface area contributed by atoms with Crippen LogP contribution in [0.2, 0.25) is 0 Å². The van der Waals surface area contributed by atoms with Crippen molar-refractivity contribution >= 4 is 11.3 Å². The van der Waals surface area contributed by atoms with E-state index in [0.29, 0.717) is 6.04 Å². The van der Waals surface area contributed by atoms with E-state index in [1.165, 1.54) is 29.1 Å². The average molecular weight is 272 g/mol. The first kappa shape index (κ1) is 12.8. The zero-order valence-electron chi connectivity index (χ0n) is 11.3. The summed E-state index contributed by atoms with van der Waals surface area (Å²) in [4.78, 5) is 4.80. The third-order valence-corrected chi connectivity index (χ3v) is 4.62. The molecule has 1 unspecified atom stereocenters. The van der Waals surface area contributed by atoms with E-state index in [1.54, 1.807) is 0 Å². The van der Waals surface area contributed by atoms with Crippen molar-refractivity contribution in [3.8, 4) is 0 Å². The van der Waals surface area contributed by atoms with E-state index >= 15 is 0 Å². The fourth-order valence-electron chi connectivity index (χ4n) is 2.38. The van der Waals surface area contributed by atoms with Crippen molar-refractivity contribution in [2.45, 2.75) is 38.1 Å². The Hall–Kier alpha value is -1.19. The van der Waals surface area contributed by atoms with Gasteiger partial charge in [0.1, 0.15) is 0 Å². The van der Waals surface area contributed by atoms with Crippen LogP contribution in [0.25, 0.3) is 0 Å². The van der Waals surface area contributed by atoms with Gasteiger partial charge in [-0.15, -0.1) is 11.3 Å². The fraction of sp³-hybridized carbons (Fsp3) is 0.438. The smallest absolute Gasteiger partial charge is 0.0959 e. The average Bonchev–Trinajstić information content (AvgIpc) is 3.20. The summed E-state index contributed by atoms with van der Waals surface area (Å²) < 4.78 is 0. The van der Waals surface area contributed by atoms with Crippen molar-refractivity contribution in [3.05, 3.63) is 52.0 Å². The van der Waals surface area contributed by atoms with E-state index in [2.05, 4.69) is 48.0 Å². The molecule has 0 spiro atoms. The molecule has 1 aromatic heterocycles. The van der Waals surface area contributed by atoms with Crippen LogP contribution < -0.4 is 5.32 Å². The second kappa shape index (κ2) is 5.85. The van der Waals surface area contributed by atoms with Crippen molar-refractivity contribution in [1.29, 1.82) is 0 Å². The number of likely N-dealkylation sites (N-methyl/N-ethyl adjacent to an activating group) is 1. The van der Waals surface area contributed by atoms with Gasteiger partial charge in [-0.2, -0.15) is 0 Å².